The Kier molecular flexibility index (Phi) is 6.89. The first-order valence-electron chi connectivity index (χ1n) is 7.84. The van der Waals surface area contributed by atoms with E-state index in [-0.39, 0.29) is 5.75 Å². The largest absolute Gasteiger partial charge is 0.496 e. The number of aliphatic carboxylic acids is 1. The molecule has 0 amide bonds. The van der Waals surface area contributed by atoms with E-state index in [4.69, 9.17) is 9.84 Å². The Morgan fingerprint density at radius 1 is 1.28 bits per heavy atom. The van der Waals surface area contributed by atoms with Gasteiger partial charge in [0.1, 0.15) is 5.75 Å². The van der Waals surface area contributed by atoms with Crippen LogP contribution in [0.25, 0.3) is 0 Å². The Morgan fingerprint density at radius 2 is 2.04 bits per heavy atom. The van der Waals surface area contributed by atoms with Crippen LogP contribution in [0, 0.1) is 6.92 Å². The molecule has 6 heteroatoms. The van der Waals surface area contributed by atoms with Crippen molar-refractivity contribution in [3.63, 3.8) is 0 Å². The zero-order chi connectivity index (χ0) is 18.2. The fourth-order valence-corrected chi connectivity index (χ4v) is 2.99. The normalized spacial score (nSPS) is 11.2. The number of carboxylic acid groups (broad SMARTS) is 1. The lowest BCUT2D eigenvalue weighted by Crippen LogP contribution is -2.03. The molecule has 0 heterocycles. The van der Waals surface area contributed by atoms with Crippen LogP contribution < -0.4 is 10.2 Å². The Hall–Kier alpha value is -2.47. The van der Waals surface area contributed by atoms with Gasteiger partial charge >= 0.3 is 5.97 Å². The number of hydrogen-bond acceptors (Lipinski definition) is 5. The molecule has 0 atom stereocenters. The summed E-state index contributed by atoms with van der Waals surface area (Å²) in [7, 11) is 1.61. The molecule has 0 aliphatic rings. The molecule has 0 aliphatic heterocycles. The van der Waals surface area contributed by atoms with E-state index in [2.05, 4.69) is 10.5 Å². The lowest BCUT2D eigenvalue weighted by Gasteiger charge is -2.11. The predicted molar refractivity (Wildman–Crippen MR) is 104 cm³/mol. The van der Waals surface area contributed by atoms with Crippen molar-refractivity contribution < 1.29 is 14.6 Å². The van der Waals surface area contributed by atoms with Crippen LogP contribution in [0.1, 0.15) is 23.6 Å². The van der Waals surface area contributed by atoms with E-state index in [0.29, 0.717) is 5.75 Å². The highest BCUT2D eigenvalue weighted by Crippen LogP contribution is 2.25. The topological polar surface area (TPSA) is 70.9 Å². The van der Waals surface area contributed by atoms with Crippen molar-refractivity contribution in [2.75, 3.05) is 18.3 Å². The predicted octanol–water partition coefficient (Wildman–Crippen LogP) is 4.16. The van der Waals surface area contributed by atoms with Crippen LogP contribution in [-0.2, 0) is 10.5 Å². The molecular formula is C19H22N2O3S. The van der Waals surface area contributed by atoms with Crippen LogP contribution in [0.5, 0.6) is 5.75 Å². The van der Waals surface area contributed by atoms with E-state index in [1.807, 2.05) is 56.3 Å². The SMILES string of the molecule is COc1ccc(/C(C)=N\Nc2ccccc2C)cc1CSCC(=O)O. The standard InChI is InChI=1S/C19H22N2O3S/c1-13-6-4-5-7-17(13)21-20-14(2)15-8-9-18(24-3)16(10-15)11-25-12-19(22)23/h4-10,21H,11-12H2,1-3H3,(H,22,23)/b20-14-. The third-order valence-corrected chi connectivity index (χ3v) is 4.64. The van der Waals surface area contributed by atoms with Crippen molar-refractivity contribution >= 4 is 29.1 Å². The van der Waals surface area contributed by atoms with Gasteiger partial charge in [-0.3, -0.25) is 10.2 Å². The molecule has 2 rings (SSSR count). The zero-order valence-electron chi connectivity index (χ0n) is 14.6. The van der Waals surface area contributed by atoms with Gasteiger partial charge in [-0.05, 0) is 49.2 Å². The van der Waals surface area contributed by atoms with Crippen molar-refractivity contribution in [3.05, 3.63) is 59.2 Å². The van der Waals surface area contributed by atoms with Gasteiger partial charge in [-0.25, -0.2) is 0 Å². The maximum absolute atomic E-state index is 10.7. The second kappa shape index (κ2) is 9.13. The third-order valence-electron chi connectivity index (χ3n) is 3.67. The number of methoxy groups -OCH3 is 1. The number of nitrogens with zero attached hydrogens (tertiary/aromatic N) is 1. The number of carbonyl (C=O) groups is 1. The van der Waals surface area contributed by atoms with Gasteiger partial charge in [0.05, 0.1) is 24.3 Å². The Morgan fingerprint density at radius 3 is 2.72 bits per heavy atom. The molecule has 2 aromatic carbocycles. The maximum atomic E-state index is 10.7. The number of aryl methyl sites for hydroxylation is 1. The first kappa shape index (κ1) is 18.9. The molecule has 2 aromatic rings. The van der Waals surface area contributed by atoms with Crippen molar-refractivity contribution in [1.29, 1.82) is 0 Å². The van der Waals surface area contributed by atoms with Gasteiger partial charge < -0.3 is 9.84 Å². The van der Waals surface area contributed by atoms with E-state index in [0.717, 1.165) is 33.8 Å². The van der Waals surface area contributed by atoms with Gasteiger partial charge in [-0.15, -0.1) is 11.8 Å². The van der Waals surface area contributed by atoms with E-state index in [1.54, 1.807) is 7.11 Å². The third kappa shape index (κ3) is 5.53. The Bertz CT molecular complexity index is 775. The number of carboxylic acids is 1. The van der Waals surface area contributed by atoms with Crippen molar-refractivity contribution in [2.45, 2.75) is 19.6 Å². The number of hydrogen-bond donors (Lipinski definition) is 2. The zero-order valence-corrected chi connectivity index (χ0v) is 15.4. The number of benzene rings is 2. The minimum Gasteiger partial charge on any atom is -0.496 e. The van der Waals surface area contributed by atoms with E-state index < -0.39 is 5.97 Å². The Balaban J connectivity index is 2.15. The van der Waals surface area contributed by atoms with Crippen molar-refractivity contribution in [1.82, 2.24) is 0 Å². The lowest BCUT2D eigenvalue weighted by atomic mass is 10.1. The molecule has 0 unspecified atom stereocenters. The molecule has 5 nitrogen and oxygen atoms in total. The van der Waals surface area contributed by atoms with Crippen LogP contribution in [0.4, 0.5) is 5.69 Å². The number of thioether (sulfide) groups is 1. The summed E-state index contributed by atoms with van der Waals surface area (Å²) in [6, 6.07) is 13.8. The molecule has 25 heavy (non-hydrogen) atoms. The number of hydrazone groups is 1. The number of nitrogens with one attached hydrogen (secondary N) is 1. The summed E-state index contributed by atoms with van der Waals surface area (Å²) in [4.78, 5) is 10.7. The monoisotopic (exact) mass is 358 g/mol. The fourth-order valence-electron chi connectivity index (χ4n) is 2.27. The van der Waals surface area contributed by atoms with E-state index in [1.165, 1.54) is 11.8 Å². The molecule has 0 saturated heterocycles. The highest BCUT2D eigenvalue weighted by molar-refractivity contribution is 7.99. The maximum Gasteiger partial charge on any atom is 0.313 e. The van der Waals surface area contributed by atoms with Gasteiger partial charge in [0, 0.05) is 11.3 Å². The number of anilines is 1. The molecule has 0 bridgehead atoms. The van der Waals surface area contributed by atoms with Crippen LogP contribution in [-0.4, -0.2) is 29.7 Å². The first-order chi connectivity index (χ1) is 12.0. The quantitative estimate of drug-likeness (QED) is 0.548. The molecule has 2 N–H and O–H groups in total. The molecule has 0 aliphatic carbocycles. The first-order valence-corrected chi connectivity index (χ1v) is 8.99. The summed E-state index contributed by atoms with van der Waals surface area (Å²) in [6.45, 7) is 3.96. The van der Waals surface area contributed by atoms with E-state index in [9.17, 15) is 4.79 Å². The van der Waals surface area contributed by atoms with Gasteiger partial charge in [0.25, 0.3) is 0 Å². The number of rotatable bonds is 8. The molecule has 0 radical (unpaired) electrons. The van der Waals surface area contributed by atoms with Crippen LogP contribution >= 0.6 is 11.8 Å². The fraction of sp³-hybridized carbons (Fsp3) is 0.263. The summed E-state index contributed by atoms with van der Waals surface area (Å²) >= 11 is 1.34. The molecule has 132 valence electrons. The number of ether oxygens (including phenoxy) is 1. The summed E-state index contributed by atoms with van der Waals surface area (Å²) in [5.74, 6) is 0.568. The molecule has 0 aromatic heterocycles. The van der Waals surface area contributed by atoms with Gasteiger partial charge in [0.15, 0.2) is 0 Å². The van der Waals surface area contributed by atoms with Crippen molar-refractivity contribution in [2.24, 2.45) is 5.10 Å². The number of para-hydroxylation sites is 1. The smallest absolute Gasteiger partial charge is 0.313 e. The Labute approximate surface area is 152 Å². The highest BCUT2D eigenvalue weighted by atomic mass is 32.2. The second-order valence-corrected chi connectivity index (χ2v) is 6.52. The molecule has 0 fully saturated rings. The summed E-state index contributed by atoms with van der Waals surface area (Å²) in [5.41, 5.74) is 7.94. The molecule has 0 spiro atoms. The average molecular weight is 358 g/mol. The van der Waals surface area contributed by atoms with Crippen molar-refractivity contribution in [3.8, 4) is 5.75 Å². The summed E-state index contributed by atoms with van der Waals surface area (Å²) in [6.07, 6.45) is 0. The van der Waals surface area contributed by atoms with Crippen LogP contribution in [0.2, 0.25) is 0 Å². The van der Waals surface area contributed by atoms with Gasteiger partial charge in [-0.2, -0.15) is 5.10 Å². The van der Waals surface area contributed by atoms with Gasteiger partial charge in [-0.1, -0.05) is 18.2 Å². The minimum absolute atomic E-state index is 0.0648. The summed E-state index contributed by atoms with van der Waals surface area (Å²) < 4.78 is 5.37. The van der Waals surface area contributed by atoms with Gasteiger partial charge in [0.2, 0.25) is 0 Å². The minimum atomic E-state index is -0.819. The second-order valence-electron chi connectivity index (χ2n) is 5.54. The van der Waals surface area contributed by atoms with Crippen LogP contribution in [0.15, 0.2) is 47.6 Å². The summed E-state index contributed by atoms with van der Waals surface area (Å²) in [5, 5.41) is 13.2. The average Bonchev–Trinajstić information content (AvgIpc) is 2.60. The van der Waals surface area contributed by atoms with Crippen LogP contribution in [0.3, 0.4) is 0 Å². The van der Waals surface area contributed by atoms with E-state index >= 15 is 0 Å². The molecule has 0 saturated carbocycles. The highest BCUT2D eigenvalue weighted by Gasteiger charge is 2.08. The lowest BCUT2D eigenvalue weighted by molar-refractivity contribution is -0.133. The molecular weight excluding hydrogens is 336 g/mol.